The van der Waals surface area contributed by atoms with Crippen LogP contribution in [0.25, 0.3) is 0 Å². The molecule has 8 heteroatoms. The maximum atomic E-state index is 13.1. The van der Waals surface area contributed by atoms with Gasteiger partial charge in [0.05, 0.1) is 20.2 Å². The largest absolute Gasteiger partial charge is 0.497 e. The zero-order chi connectivity index (χ0) is 21.8. The van der Waals surface area contributed by atoms with Crippen molar-refractivity contribution in [3.63, 3.8) is 0 Å². The summed E-state index contributed by atoms with van der Waals surface area (Å²) in [4.78, 5) is 41.3. The highest BCUT2D eigenvalue weighted by Crippen LogP contribution is 2.30. The molecule has 4 rings (SSSR count). The highest BCUT2D eigenvalue weighted by Gasteiger charge is 2.52. The van der Waals surface area contributed by atoms with E-state index in [0.29, 0.717) is 37.4 Å². The first-order chi connectivity index (χ1) is 15.0. The SMILES string of the molecule is COc1cccc(NC(=O)CN2CCC3(CC2)NC(=O)N(Cc2ccccc2)C3=O)c1. The lowest BCUT2D eigenvalue weighted by Crippen LogP contribution is -2.55. The molecule has 2 aliphatic heterocycles. The van der Waals surface area contributed by atoms with Gasteiger partial charge in [-0.1, -0.05) is 36.4 Å². The number of hydrogen-bond acceptors (Lipinski definition) is 5. The Bertz CT molecular complexity index is 971. The second-order valence-corrected chi connectivity index (χ2v) is 7.95. The normalized spacial score (nSPS) is 18.2. The Kier molecular flexibility index (Phi) is 5.90. The Balaban J connectivity index is 1.32. The first kappa shape index (κ1) is 20.9. The molecule has 2 saturated heterocycles. The van der Waals surface area contributed by atoms with Crippen LogP contribution in [0.3, 0.4) is 0 Å². The number of carbonyl (C=O) groups excluding carboxylic acids is 3. The molecule has 0 unspecified atom stereocenters. The lowest BCUT2D eigenvalue weighted by atomic mass is 9.87. The minimum atomic E-state index is -0.869. The van der Waals surface area contributed by atoms with Gasteiger partial charge in [-0.15, -0.1) is 0 Å². The van der Waals surface area contributed by atoms with Crippen LogP contribution >= 0.6 is 0 Å². The number of rotatable bonds is 6. The van der Waals surface area contributed by atoms with E-state index in [1.807, 2.05) is 47.4 Å². The van der Waals surface area contributed by atoms with Gasteiger partial charge in [0.1, 0.15) is 11.3 Å². The molecule has 0 saturated carbocycles. The zero-order valence-electron chi connectivity index (χ0n) is 17.5. The smallest absolute Gasteiger partial charge is 0.325 e. The lowest BCUT2D eigenvalue weighted by Gasteiger charge is -2.36. The van der Waals surface area contributed by atoms with Crippen molar-refractivity contribution in [3.05, 3.63) is 60.2 Å². The number of carbonyl (C=O) groups is 3. The van der Waals surface area contributed by atoms with Gasteiger partial charge >= 0.3 is 6.03 Å². The molecular formula is C23H26N4O4. The summed E-state index contributed by atoms with van der Waals surface area (Å²) in [6.45, 7) is 1.59. The van der Waals surface area contributed by atoms with Crippen LogP contribution in [0.2, 0.25) is 0 Å². The molecule has 2 N–H and O–H groups in total. The van der Waals surface area contributed by atoms with E-state index < -0.39 is 5.54 Å². The molecule has 1 spiro atoms. The molecule has 31 heavy (non-hydrogen) atoms. The fraction of sp³-hybridized carbons (Fsp3) is 0.348. The Morgan fingerprint density at radius 3 is 2.55 bits per heavy atom. The van der Waals surface area contributed by atoms with Crippen molar-refractivity contribution in [2.75, 3.05) is 32.1 Å². The quantitative estimate of drug-likeness (QED) is 0.697. The number of piperidine rings is 1. The van der Waals surface area contributed by atoms with E-state index in [4.69, 9.17) is 4.74 Å². The summed E-state index contributed by atoms with van der Waals surface area (Å²) in [6, 6.07) is 16.3. The number of methoxy groups -OCH3 is 1. The molecule has 2 aromatic carbocycles. The van der Waals surface area contributed by atoms with Crippen LogP contribution in [0.4, 0.5) is 10.5 Å². The molecular weight excluding hydrogens is 396 g/mol. The number of anilines is 1. The molecule has 2 aromatic rings. The number of nitrogens with zero attached hydrogens (tertiary/aromatic N) is 2. The van der Waals surface area contributed by atoms with Crippen LogP contribution in [-0.4, -0.2) is 59.9 Å². The monoisotopic (exact) mass is 422 g/mol. The summed E-state index contributed by atoms with van der Waals surface area (Å²) in [5.41, 5.74) is 0.716. The van der Waals surface area contributed by atoms with E-state index in [1.165, 1.54) is 4.90 Å². The number of nitrogens with one attached hydrogen (secondary N) is 2. The van der Waals surface area contributed by atoms with Crippen molar-refractivity contribution in [1.82, 2.24) is 15.1 Å². The van der Waals surface area contributed by atoms with Crippen molar-refractivity contribution in [2.24, 2.45) is 0 Å². The van der Waals surface area contributed by atoms with Gasteiger partial charge in [-0.2, -0.15) is 0 Å². The Hall–Kier alpha value is -3.39. The Morgan fingerprint density at radius 2 is 1.84 bits per heavy atom. The summed E-state index contributed by atoms with van der Waals surface area (Å²) in [5.74, 6) is 0.367. The van der Waals surface area contributed by atoms with E-state index in [0.717, 1.165) is 5.56 Å². The van der Waals surface area contributed by atoms with Crippen molar-refractivity contribution < 1.29 is 19.1 Å². The zero-order valence-corrected chi connectivity index (χ0v) is 17.5. The van der Waals surface area contributed by atoms with Gasteiger partial charge in [0.25, 0.3) is 5.91 Å². The van der Waals surface area contributed by atoms with Gasteiger partial charge in [-0.25, -0.2) is 4.79 Å². The lowest BCUT2D eigenvalue weighted by molar-refractivity contribution is -0.133. The number of likely N-dealkylation sites (tertiary alicyclic amines) is 1. The number of imide groups is 1. The highest BCUT2D eigenvalue weighted by molar-refractivity contribution is 6.07. The number of benzene rings is 2. The molecule has 2 heterocycles. The predicted octanol–water partition coefficient (Wildman–Crippen LogP) is 2.22. The van der Waals surface area contributed by atoms with Crippen molar-refractivity contribution in [3.8, 4) is 5.75 Å². The van der Waals surface area contributed by atoms with Crippen LogP contribution in [0, 0.1) is 0 Å². The van der Waals surface area contributed by atoms with Gasteiger partial charge in [-0.05, 0) is 30.5 Å². The minimum Gasteiger partial charge on any atom is -0.497 e. The third-order valence-electron chi connectivity index (χ3n) is 5.86. The maximum absolute atomic E-state index is 13.1. The first-order valence-electron chi connectivity index (χ1n) is 10.3. The molecule has 0 bridgehead atoms. The Morgan fingerprint density at radius 1 is 1.10 bits per heavy atom. The van der Waals surface area contributed by atoms with Crippen LogP contribution in [0.1, 0.15) is 18.4 Å². The molecule has 2 fully saturated rings. The fourth-order valence-corrected chi connectivity index (χ4v) is 4.12. The van der Waals surface area contributed by atoms with Gasteiger partial charge in [-0.3, -0.25) is 19.4 Å². The average molecular weight is 422 g/mol. The number of hydrogen-bond donors (Lipinski definition) is 2. The van der Waals surface area contributed by atoms with Crippen molar-refractivity contribution in [1.29, 1.82) is 0 Å². The second kappa shape index (κ2) is 8.77. The van der Waals surface area contributed by atoms with Crippen LogP contribution in [-0.2, 0) is 16.1 Å². The third-order valence-corrected chi connectivity index (χ3v) is 5.86. The maximum Gasteiger partial charge on any atom is 0.325 e. The fourth-order valence-electron chi connectivity index (χ4n) is 4.12. The van der Waals surface area contributed by atoms with E-state index in [2.05, 4.69) is 10.6 Å². The van der Waals surface area contributed by atoms with E-state index >= 15 is 0 Å². The van der Waals surface area contributed by atoms with Crippen LogP contribution < -0.4 is 15.4 Å². The van der Waals surface area contributed by atoms with E-state index in [1.54, 1.807) is 19.2 Å². The molecule has 0 atom stereocenters. The third kappa shape index (κ3) is 4.54. The molecule has 0 aromatic heterocycles. The summed E-state index contributed by atoms with van der Waals surface area (Å²) in [7, 11) is 1.58. The molecule has 0 aliphatic carbocycles. The van der Waals surface area contributed by atoms with E-state index in [-0.39, 0.29) is 30.9 Å². The van der Waals surface area contributed by atoms with Crippen LogP contribution in [0.15, 0.2) is 54.6 Å². The number of urea groups is 1. The molecule has 0 radical (unpaired) electrons. The molecule has 4 amide bonds. The number of amides is 4. The Labute approximate surface area is 181 Å². The summed E-state index contributed by atoms with van der Waals surface area (Å²) >= 11 is 0. The predicted molar refractivity (Wildman–Crippen MR) is 116 cm³/mol. The van der Waals surface area contributed by atoms with Crippen molar-refractivity contribution >= 4 is 23.5 Å². The van der Waals surface area contributed by atoms with Gasteiger partial charge in [0, 0.05) is 24.8 Å². The standard InChI is InChI=1S/C23H26N4O4/c1-31-19-9-5-8-18(14-19)24-20(28)16-26-12-10-23(11-13-26)21(29)27(22(30)25-23)15-17-6-3-2-4-7-17/h2-9,14H,10-13,15-16H2,1H3,(H,24,28)(H,25,30). The second-order valence-electron chi connectivity index (χ2n) is 7.95. The molecule has 162 valence electrons. The van der Waals surface area contributed by atoms with Crippen molar-refractivity contribution in [2.45, 2.75) is 24.9 Å². The highest BCUT2D eigenvalue weighted by atomic mass is 16.5. The number of ether oxygens (including phenoxy) is 1. The van der Waals surface area contributed by atoms with Gasteiger partial charge < -0.3 is 15.4 Å². The minimum absolute atomic E-state index is 0.128. The van der Waals surface area contributed by atoms with Gasteiger partial charge in [0.2, 0.25) is 5.91 Å². The summed E-state index contributed by atoms with van der Waals surface area (Å²) < 4.78 is 5.17. The van der Waals surface area contributed by atoms with E-state index in [9.17, 15) is 14.4 Å². The first-order valence-corrected chi connectivity index (χ1v) is 10.3. The molecule has 8 nitrogen and oxygen atoms in total. The summed E-state index contributed by atoms with van der Waals surface area (Å²) in [6.07, 6.45) is 0.963. The average Bonchev–Trinajstić information content (AvgIpc) is 3.00. The van der Waals surface area contributed by atoms with Gasteiger partial charge in [0.15, 0.2) is 0 Å². The summed E-state index contributed by atoms with van der Waals surface area (Å²) in [5, 5.41) is 5.78. The topological polar surface area (TPSA) is 91.0 Å². The van der Waals surface area contributed by atoms with Crippen LogP contribution in [0.5, 0.6) is 5.75 Å². The molecule has 2 aliphatic rings.